The summed E-state index contributed by atoms with van der Waals surface area (Å²) in [4.78, 5) is 0. The molecule has 0 heterocycles. The quantitative estimate of drug-likeness (QED) is 0.487. The van der Waals surface area contributed by atoms with Gasteiger partial charge in [0, 0.05) is 41.2 Å². The van der Waals surface area contributed by atoms with Crippen molar-refractivity contribution >= 4 is 0 Å². The molecule has 0 saturated heterocycles. The molecule has 6 heavy (non-hydrogen) atoms. The summed E-state index contributed by atoms with van der Waals surface area (Å²) in [6, 6.07) is 0. The monoisotopic (exact) mass is 488 g/mol. The molecule has 1 radical (unpaired) electrons. The summed E-state index contributed by atoms with van der Waals surface area (Å²) < 4.78 is 24.4. The Labute approximate surface area is 67.5 Å². The molecule has 0 spiro atoms. The number of hydrogen-bond acceptors (Lipinski definition) is 2. The third-order valence-electron chi connectivity index (χ3n) is 0. The smallest absolute Gasteiger partial charge is 0 e. The van der Waals surface area contributed by atoms with Crippen LogP contribution in [0.15, 0.2) is 0 Å². The number of rotatable bonds is 0. The minimum Gasteiger partial charge on any atom is 0 e. The van der Waals surface area contributed by atoms with Crippen molar-refractivity contribution in [1.82, 2.24) is 0 Å². The van der Waals surface area contributed by atoms with E-state index in [4.69, 9.17) is 11.4 Å². The van der Waals surface area contributed by atoms with Crippen LogP contribution in [-0.2, 0) is 63.9 Å². The molecule has 0 unspecified atom stereocenters. The minimum absolute atomic E-state index is 0. The summed E-state index contributed by atoms with van der Waals surface area (Å²) in [6.45, 7) is 0. The normalized spacial score (nSPS) is 4.17. The Kier molecular flexibility index (Phi) is 25.3. The largest absolute Gasteiger partial charge is 0 e. The van der Waals surface area contributed by atoms with Gasteiger partial charge < -0.3 is 0 Å². The second-order valence-corrected chi connectivity index (χ2v) is 0.981. The van der Waals surface area contributed by atoms with Crippen LogP contribution in [0.5, 0.6) is 0 Å². The van der Waals surface area contributed by atoms with Gasteiger partial charge in [0.15, 0.2) is 0 Å². The molecule has 43 valence electrons. The molecule has 0 aliphatic rings. The van der Waals surface area contributed by atoms with E-state index in [1.807, 2.05) is 0 Å². The van der Waals surface area contributed by atoms with Crippen molar-refractivity contribution in [3.63, 3.8) is 0 Å². The fraction of sp³-hybridized carbons (Fsp3) is 0. The summed E-state index contributed by atoms with van der Waals surface area (Å²) in [5, 5.41) is 0. The first-order valence-corrected chi connectivity index (χ1v) is 2.33. The first kappa shape index (κ1) is 15.6. The Hall–Kier alpha value is 1.48. The molecule has 0 saturated carbocycles. The van der Waals surface area contributed by atoms with Gasteiger partial charge in [0.2, 0.25) is 0 Å². The van der Waals surface area contributed by atoms with Crippen molar-refractivity contribution in [3.05, 3.63) is 0 Å². The van der Waals surface area contributed by atoms with Crippen LogP contribution in [-0.4, -0.2) is 4.03 Å². The van der Waals surface area contributed by atoms with Gasteiger partial charge in [-0.3, -0.25) is 0 Å². The van der Waals surface area contributed by atoms with Gasteiger partial charge in [0.1, 0.15) is 0 Å². The molecular formula is HIrO3PtV. The third-order valence-corrected chi connectivity index (χ3v) is 0. The predicted octanol–water partition coefficient (Wildman–Crippen LogP) is -0.802. The fourth-order valence-corrected chi connectivity index (χ4v) is 0. The fourth-order valence-electron chi connectivity index (χ4n) is 0. The van der Waals surface area contributed by atoms with Gasteiger partial charge in [-0.25, -0.2) is 0 Å². The van der Waals surface area contributed by atoms with Gasteiger partial charge in [0.05, 0.1) is 0 Å². The maximum Gasteiger partial charge on any atom is 0 e. The van der Waals surface area contributed by atoms with E-state index in [2.05, 4.69) is 0 Å². The van der Waals surface area contributed by atoms with Crippen LogP contribution >= 0.6 is 0 Å². The van der Waals surface area contributed by atoms with Gasteiger partial charge in [-0.05, 0) is 0 Å². The first-order valence-electron chi connectivity index (χ1n) is 0.565. The van der Waals surface area contributed by atoms with E-state index in [9.17, 15) is 0 Å². The van der Waals surface area contributed by atoms with Gasteiger partial charge in [0.25, 0.3) is 0 Å². The average molecular weight is 487 g/mol. The van der Waals surface area contributed by atoms with E-state index in [-0.39, 0.29) is 41.2 Å². The molecule has 0 aliphatic heterocycles. The van der Waals surface area contributed by atoms with Crippen molar-refractivity contribution in [2.75, 3.05) is 0 Å². The molecule has 0 atom stereocenters. The number of hydrogen-bond donors (Lipinski definition) is 1. The van der Waals surface area contributed by atoms with Gasteiger partial charge in [-0.15, -0.1) is 0 Å². The van der Waals surface area contributed by atoms with Crippen LogP contribution in [0.1, 0.15) is 0 Å². The molecule has 0 amide bonds. The second kappa shape index (κ2) is 9.70. The van der Waals surface area contributed by atoms with Crippen LogP contribution in [0.4, 0.5) is 0 Å². The van der Waals surface area contributed by atoms with Crippen LogP contribution in [0.2, 0.25) is 0 Å². The summed E-state index contributed by atoms with van der Waals surface area (Å²) in [5.74, 6) is 0. The molecule has 0 bridgehead atoms. The maximum absolute atomic E-state index is 8.67. The summed E-state index contributed by atoms with van der Waals surface area (Å²) in [6.07, 6.45) is 0. The molecule has 0 aromatic rings. The average Bonchev–Trinajstić information content (AvgIpc) is 0.811. The predicted molar refractivity (Wildman–Crippen MR) is 3.59 cm³/mol. The molecule has 0 aliphatic carbocycles. The Morgan fingerprint density at radius 2 is 1.33 bits per heavy atom. The zero-order valence-corrected chi connectivity index (χ0v) is 8.42. The Morgan fingerprint density at radius 1 is 1.33 bits per heavy atom. The van der Waals surface area contributed by atoms with E-state index >= 15 is 0 Å². The minimum atomic E-state index is -3.69. The van der Waals surface area contributed by atoms with Crippen molar-refractivity contribution in [2.24, 2.45) is 0 Å². The van der Waals surface area contributed by atoms with Crippen molar-refractivity contribution in [3.8, 4) is 0 Å². The van der Waals surface area contributed by atoms with E-state index < -0.39 is 15.4 Å². The van der Waals surface area contributed by atoms with Crippen molar-refractivity contribution in [1.29, 1.82) is 0 Å². The third kappa shape index (κ3) is 50.1. The molecule has 0 fully saturated rings. The maximum atomic E-state index is 8.67. The molecule has 0 rings (SSSR count). The standard InChI is InChI=1S/Ir.H2O.2O.Pt.V/h;1H2;;;;/q;;;;;+1/p-1. The van der Waals surface area contributed by atoms with E-state index in [1.165, 1.54) is 0 Å². The summed E-state index contributed by atoms with van der Waals surface area (Å²) in [5.41, 5.74) is 0. The van der Waals surface area contributed by atoms with Gasteiger partial charge >= 0.3 is 26.8 Å². The van der Waals surface area contributed by atoms with E-state index in [0.717, 1.165) is 0 Å². The Morgan fingerprint density at radius 3 is 1.33 bits per heavy atom. The van der Waals surface area contributed by atoms with Crippen LogP contribution in [0, 0.1) is 0 Å². The zero-order chi connectivity index (χ0) is 3.58. The van der Waals surface area contributed by atoms with E-state index in [1.54, 1.807) is 0 Å². The molecule has 1 N–H and O–H groups in total. The molecule has 0 aromatic heterocycles. The summed E-state index contributed by atoms with van der Waals surface area (Å²) in [7, 11) is 0. The SMILES string of the molecule is [Ir].[O]=[V](=[O])[OH].[Pt]. The van der Waals surface area contributed by atoms with Crippen molar-refractivity contribution in [2.45, 2.75) is 0 Å². The summed E-state index contributed by atoms with van der Waals surface area (Å²) >= 11 is -3.69. The van der Waals surface area contributed by atoms with Crippen LogP contribution < -0.4 is 0 Å². The molecule has 3 nitrogen and oxygen atoms in total. The van der Waals surface area contributed by atoms with E-state index in [0.29, 0.717) is 0 Å². The first-order chi connectivity index (χ1) is 1.73. The molecule has 6 heteroatoms. The Balaban J connectivity index is -0.0000000450. The van der Waals surface area contributed by atoms with Crippen LogP contribution in [0.3, 0.4) is 0 Å². The van der Waals surface area contributed by atoms with Gasteiger partial charge in [-0.2, -0.15) is 0 Å². The second-order valence-electron chi connectivity index (χ2n) is 0.238. The van der Waals surface area contributed by atoms with Gasteiger partial charge in [-0.1, -0.05) is 0 Å². The molecular weight excluding hydrogens is 486 g/mol. The molecule has 0 aromatic carbocycles. The zero-order valence-electron chi connectivity index (χ0n) is 2.36. The van der Waals surface area contributed by atoms with Crippen LogP contribution in [0.25, 0.3) is 0 Å². The topological polar surface area (TPSA) is 54.4 Å². The Bertz CT molecular complexity index is 59.2. The van der Waals surface area contributed by atoms with Crippen molar-refractivity contribution < 1.29 is 68.0 Å².